The molecule has 21 heavy (non-hydrogen) atoms. The van der Waals surface area contributed by atoms with E-state index in [1.54, 1.807) is 32.2 Å². The summed E-state index contributed by atoms with van der Waals surface area (Å²) < 4.78 is 46.1. The van der Waals surface area contributed by atoms with Gasteiger partial charge in [0.2, 0.25) is 0 Å². The van der Waals surface area contributed by atoms with Crippen molar-refractivity contribution < 1.29 is 16.8 Å². The number of nitrogens with one attached hydrogen (secondary N) is 1. The highest BCUT2D eigenvalue weighted by atomic mass is 32.2. The molecule has 0 heterocycles. The van der Waals surface area contributed by atoms with Crippen molar-refractivity contribution in [3.63, 3.8) is 0 Å². The summed E-state index contributed by atoms with van der Waals surface area (Å²) in [6, 6.07) is 6.71. The molecule has 1 unspecified atom stereocenters. The van der Waals surface area contributed by atoms with Gasteiger partial charge < -0.3 is 5.32 Å². The lowest BCUT2D eigenvalue weighted by Crippen LogP contribution is -2.18. The number of hydrogen-bond donors (Lipinski definition) is 1. The standard InChI is InChI=1S/C14H23NO4S2/c1-4-21(18,19)10-6-9-14(15-2)12-7-5-8-13(11-12)20(3,16)17/h5,7-8,11,14-15H,4,6,9-10H2,1-3H3. The van der Waals surface area contributed by atoms with Crippen LogP contribution in [0.15, 0.2) is 29.2 Å². The van der Waals surface area contributed by atoms with E-state index in [0.717, 1.165) is 5.56 Å². The Bertz CT molecular complexity index is 666. The summed E-state index contributed by atoms with van der Waals surface area (Å²) in [5.41, 5.74) is 0.856. The molecule has 0 aromatic heterocycles. The van der Waals surface area contributed by atoms with Crippen molar-refractivity contribution in [1.29, 1.82) is 0 Å². The third kappa shape index (κ3) is 5.76. The van der Waals surface area contributed by atoms with Crippen LogP contribution in [0.3, 0.4) is 0 Å². The first kappa shape index (κ1) is 18.1. The number of hydrogen-bond acceptors (Lipinski definition) is 5. The van der Waals surface area contributed by atoms with E-state index in [9.17, 15) is 16.8 Å². The zero-order valence-electron chi connectivity index (χ0n) is 12.7. The van der Waals surface area contributed by atoms with Gasteiger partial charge >= 0.3 is 0 Å². The van der Waals surface area contributed by atoms with Crippen LogP contribution in [-0.4, -0.2) is 41.6 Å². The normalized spacial score (nSPS) is 14.0. The van der Waals surface area contributed by atoms with Gasteiger partial charge in [-0.25, -0.2) is 16.8 Å². The molecule has 5 nitrogen and oxygen atoms in total. The van der Waals surface area contributed by atoms with Crippen LogP contribution in [0, 0.1) is 0 Å². The van der Waals surface area contributed by atoms with Gasteiger partial charge in [-0.1, -0.05) is 19.1 Å². The fourth-order valence-corrected chi connectivity index (χ4v) is 3.66. The van der Waals surface area contributed by atoms with E-state index < -0.39 is 19.7 Å². The second-order valence-corrected chi connectivity index (χ2v) is 9.55. The Kier molecular flexibility index (Phi) is 6.37. The zero-order chi connectivity index (χ0) is 16.1. The van der Waals surface area contributed by atoms with Crippen molar-refractivity contribution in [3.05, 3.63) is 29.8 Å². The molecule has 0 bridgehead atoms. The SMILES string of the molecule is CCS(=O)(=O)CCCC(NC)c1cccc(S(C)(=O)=O)c1. The van der Waals surface area contributed by atoms with Crippen molar-refractivity contribution in [2.75, 3.05) is 24.8 Å². The molecule has 1 aromatic rings. The molecular formula is C14H23NO4S2. The van der Waals surface area contributed by atoms with Crippen LogP contribution >= 0.6 is 0 Å². The van der Waals surface area contributed by atoms with Gasteiger partial charge in [0, 0.05) is 18.1 Å². The van der Waals surface area contributed by atoms with Gasteiger partial charge in [-0.05, 0) is 37.6 Å². The van der Waals surface area contributed by atoms with E-state index in [0.29, 0.717) is 12.8 Å². The van der Waals surface area contributed by atoms with E-state index in [1.165, 1.54) is 6.26 Å². The van der Waals surface area contributed by atoms with Crippen LogP contribution in [0.4, 0.5) is 0 Å². The van der Waals surface area contributed by atoms with Crippen LogP contribution < -0.4 is 5.32 Å². The maximum absolute atomic E-state index is 11.6. The van der Waals surface area contributed by atoms with E-state index in [2.05, 4.69) is 5.32 Å². The summed E-state index contributed by atoms with van der Waals surface area (Å²) in [6.45, 7) is 1.64. The van der Waals surface area contributed by atoms with Crippen molar-refractivity contribution in [1.82, 2.24) is 5.32 Å². The predicted molar refractivity (Wildman–Crippen MR) is 84.9 cm³/mol. The van der Waals surface area contributed by atoms with E-state index in [-0.39, 0.29) is 22.4 Å². The van der Waals surface area contributed by atoms with Crippen molar-refractivity contribution in [3.8, 4) is 0 Å². The molecule has 0 fully saturated rings. The highest BCUT2D eigenvalue weighted by Gasteiger charge is 2.15. The van der Waals surface area contributed by atoms with Crippen molar-refractivity contribution in [2.45, 2.75) is 30.7 Å². The van der Waals surface area contributed by atoms with E-state index in [1.807, 2.05) is 6.07 Å². The molecule has 1 rings (SSSR count). The van der Waals surface area contributed by atoms with Gasteiger partial charge in [0.1, 0.15) is 9.84 Å². The monoisotopic (exact) mass is 333 g/mol. The van der Waals surface area contributed by atoms with Gasteiger partial charge in [0.25, 0.3) is 0 Å². The Morgan fingerprint density at radius 2 is 1.86 bits per heavy atom. The molecule has 1 aromatic carbocycles. The highest BCUT2D eigenvalue weighted by molar-refractivity contribution is 7.91. The fraction of sp³-hybridized carbons (Fsp3) is 0.571. The molecule has 0 amide bonds. The molecule has 120 valence electrons. The third-order valence-electron chi connectivity index (χ3n) is 3.43. The Balaban J connectivity index is 2.82. The molecule has 1 atom stereocenters. The summed E-state index contributed by atoms with van der Waals surface area (Å²) >= 11 is 0. The lowest BCUT2D eigenvalue weighted by Gasteiger charge is -2.17. The smallest absolute Gasteiger partial charge is 0.175 e. The first-order valence-electron chi connectivity index (χ1n) is 6.87. The lowest BCUT2D eigenvalue weighted by molar-refractivity contribution is 0.534. The van der Waals surface area contributed by atoms with E-state index >= 15 is 0 Å². The zero-order valence-corrected chi connectivity index (χ0v) is 14.3. The Labute approximate surface area is 127 Å². The molecule has 0 saturated heterocycles. The number of benzene rings is 1. The summed E-state index contributed by atoms with van der Waals surface area (Å²) in [5.74, 6) is 0.314. The maximum atomic E-state index is 11.6. The lowest BCUT2D eigenvalue weighted by atomic mass is 10.0. The topological polar surface area (TPSA) is 80.3 Å². The average Bonchev–Trinajstić information content (AvgIpc) is 2.43. The molecular weight excluding hydrogens is 310 g/mol. The maximum Gasteiger partial charge on any atom is 0.175 e. The molecule has 0 aliphatic rings. The van der Waals surface area contributed by atoms with Gasteiger partial charge in [-0.3, -0.25) is 0 Å². The molecule has 0 saturated carbocycles. The molecule has 1 N–H and O–H groups in total. The fourth-order valence-electron chi connectivity index (χ4n) is 2.09. The Hall–Kier alpha value is -0.920. The minimum absolute atomic E-state index is 0.0567. The molecule has 0 radical (unpaired) electrons. The Morgan fingerprint density at radius 1 is 1.19 bits per heavy atom. The largest absolute Gasteiger partial charge is 0.313 e. The minimum Gasteiger partial charge on any atom is -0.313 e. The van der Waals surface area contributed by atoms with Crippen LogP contribution in [0.25, 0.3) is 0 Å². The van der Waals surface area contributed by atoms with Gasteiger partial charge in [-0.2, -0.15) is 0 Å². The van der Waals surface area contributed by atoms with Crippen LogP contribution in [0.1, 0.15) is 31.4 Å². The number of sulfone groups is 2. The second-order valence-electron chi connectivity index (χ2n) is 5.06. The summed E-state index contributed by atoms with van der Waals surface area (Å²) in [7, 11) is -4.42. The van der Waals surface area contributed by atoms with Gasteiger partial charge in [-0.15, -0.1) is 0 Å². The number of rotatable bonds is 8. The molecule has 7 heteroatoms. The first-order chi connectivity index (χ1) is 9.69. The quantitative estimate of drug-likeness (QED) is 0.781. The summed E-state index contributed by atoms with van der Waals surface area (Å²) in [6.07, 6.45) is 2.36. The Morgan fingerprint density at radius 3 is 2.38 bits per heavy atom. The molecule has 0 aliphatic carbocycles. The second kappa shape index (κ2) is 7.38. The van der Waals surface area contributed by atoms with Crippen LogP contribution in [-0.2, 0) is 19.7 Å². The van der Waals surface area contributed by atoms with Crippen LogP contribution in [0.2, 0.25) is 0 Å². The predicted octanol–water partition coefficient (Wildman–Crippen LogP) is 1.57. The summed E-state index contributed by atoms with van der Waals surface area (Å²) in [5, 5.41) is 3.11. The van der Waals surface area contributed by atoms with Gasteiger partial charge in [0.05, 0.1) is 10.6 Å². The van der Waals surface area contributed by atoms with Crippen LogP contribution in [0.5, 0.6) is 0 Å². The summed E-state index contributed by atoms with van der Waals surface area (Å²) in [4.78, 5) is 0.279. The highest BCUT2D eigenvalue weighted by Crippen LogP contribution is 2.21. The minimum atomic E-state index is -3.24. The molecule has 0 aliphatic heterocycles. The first-order valence-corrected chi connectivity index (χ1v) is 10.6. The van der Waals surface area contributed by atoms with Crippen molar-refractivity contribution in [2.24, 2.45) is 0 Å². The average molecular weight is 333 g/mol. The molecule has 0 spiro atoms. The van der Waals surface area contributed by atoms with E-state index in [4.69, 9.17) is 0 Å². The van der Waals surface area contributed by atoms with Crippen molar-refractivity contribution >= 4 is 19.7 Å². The third-order valence-corrected chi connectivity index (χ3v) is 6.33. The van der Waals surface area contributed by atoms with Gasteiger partial charge in [0.15, 0.2) is 9.84 Å².